The molecule has 1 aromatic heterocycles. The lowest BCUT2D eigenvalue weighted by Gasteiger charge is -2.27. The molecule has 0 aliphatic carbocycles. The van der Waals surface area contributed by atoms with Crippen molar-refractivity contribution in [3.8, 4) is 5.75 Å². The number of carbonyl (C=O) groups is 2. The fraction of sp³-hybridized carbons (Fsp3) is 0.476. The second-order valence-corrected chi connectivity index (χ2v) is 7.62. The molecular formula is C21H26N4O4. The molecule has 0 bridgehead atoms. The van der Waals surface area contributed by atoms with E-state index in [2.05, 4.69) is 5.10 Å². The number of hydrogen-bond donors (Lipinski definition) is 0. The summed E-state index contributed by atoms with van der Waals surface area (Å²) in [6, 6.07) is 5.40. The first-order chi connectivity index (χ1) is 14.0. The highest BCUT2D eigenvalue weighted by molar-refractivity contribution is 5.94. The Hall–Kier alpha value is -2.87. The largest absolute Gasteiger partial charge is 0.491 e. The van der Waals surface area contributed by atoms with Crippen LogP contribution in [0.2, 0.25) is 0 Å². The minimum atomic E-state index is -0.0787. The van der Waals surface area contributed by atoms with Gasteiger partial charge in [-0.05, 0) is 37.6 Å². The number of aryl methyl sites for hydroxylation is 1. The van der Waals surface area contributed by atoms with Crippen LogP contribution >= 0.6 is 0 Å². The van der Waals surface area contributed by atoms with E-state index in [9.17, 15) is 9.59 Å². The summed E-state index contributed by atoms with van der Waals surface area (Å²) in [4.78, 5) is 29.4. The van der Waals surface area contributed by atoms with Gasteiger partial charge in [0.15, 0.2) is 0 Å². The van der Waals surface area contributed by atoms with Crippen LogP contribution in [-0.4, -0.2) is 70.3 Å². The number of ether oxygens (including phenoxy) is 2. The van der Waals surface area contributed by atoms with Gasteiger partial charge in [0.05, 0.1) is 25.5 Å². The Kier molecular flexibility index (Phi) is 5.53. The summed E-state index contributed by atoms with van der Waals surface area (Å²) in [7, 11) is 0. The first-order valence-corrected chi connectivity index (χ1v) is 9.92. The summed E-state index contributed by atoms with van der Waals surface area (Å²) < 4.78 is 12.9. The third-order valence-corrected chi connectivity index (χ3v) is 5.34. The van der Waals surface area contributed by atoms with E-state index in [4.69, 9.17) is 9.47 Å². The number of hydrogen-bond acceptors (Lipinski definition) is 5. The summed E-state index contributed by atoms with van der Waals surface area (Å²) in [5.41, 5.74) is 2.47. The quantitative estimate of drug-likeness (QED) is 0.783. The van der Waals surface area contributed by atoms with Crippen molar-refractivity contribution in [2.45, 2.75) is 33.0 Å². The Morgan fingerprint density at radius 1 is 1.24 bits per heavy atom. The van der Waals surface area contributed by atoms with Crippen molar-refractivity contribution >= 4 is 11.8 Å². The number of aromatic nitrogens is 2. The molecule has 154 valence electrons. The molecule has 2 aliphatic heterocycles. The minimum absolute atomic E-state index is 0.0155. The van der Waals surface area contributed by atoms with Gasteiger partial charge < -0.3 is 19.3 Å². The van der Waals surface area contributed by atoms with Crippen LogP contribution in [0, 0.1) is 6.92 Å². The van der Waals surface area contributed by atoms with Gasteiger partial charge in [0.25, 0.3) is 5.91 Å². The van der Waals surface area contributed by atoms with Crippen LogP contribution in [0.5, 0.6) is 5.75 Å². The summed E-state index contributed by atoms with van der Waals surface area (Å²) >= 11 is 0. The highest BCUT2D eigenvalue weighted by atomic mass is 16.5. The van der Waals surface area contributed by atoms with Gasteiger partial charge in [-0.1, -0.05) is 0 Å². The Bertz CT molecular complexity index is 904. The predicted molar refractivity (Wildman–Crippen MR) is 106 cm³/mol. The third kappa shape index (κ3) is 4.27. The van der Waals surface area contributed by atoms with Gasteiger partial charge in [-0.25, -0.2) is 0 Å². The van der Waals surface area contributed by atoms with Crippen LogP contribution in [0.15, 0.2) is 30.6 Å². The predicted octanol–water partition coefficient (Wildman–Crippen LogP) is 1.47. The third-order valence-electron chi connectivity index (χ3n) is 5.34. The monoisotopic (exact) mass is 398 g/mol. The highest BCUT2D eigenvalue weighted by Gasteiger charge is 2.27. The van der Waals surface area contributed by atoms with Crippen LogP contribution in [0.1, 0.15) is 28.4 Å². The van der Waals surface area contributed by atoms with E-state index in [0.717, 1.165) is 16.9 Å². The van der Waals surface area contributed by atoms with Gasteiger partial charge in [0, 0.05) is 37.0 Å². The van der Waals surface area contributed by atoms with E-state index in [1.165, 1.54) is 0 Å². The summed E-state index contributed by atoms with van der Waals surface area (Å²) in [6.07, 6.45) is 3.59. The summed E-state index contributed by atoms with van der Waals surface area (Å²) in [5.74, 6) is 0.681. The van der Waals surface area contributed by atoms with Crippen molar-refractivity contribution in [1.29, 1.82) is 0 Å². The van der Waals surface area contributed by atoms with Gasteiger partial charge in [0.2, 0.25) is 5.91 Å². The van der Waals surface area contributed by atoms with Gasteiger partial charge >= 0.3 is 0 Å². The van der Waals surface area contributed by atoms with Gasteiger partial charge in [-0.3, -0.25) is 14.3 Å². The zero-order valence-corrected chi connectivity index (χ0v) is 16.8. The molecule has 0 spiro atoms. The lowest BCUT2D eigenvalue weighted by molar-refractivity contribution is -0.135. The normalized spacial score (nSPS) is 19.3. The van der Waals surface area contributed by atoms with Gasteiger partial charge in [0.1, 0.15) is 18.9 Å². The van der Waals surface area contributed by atoms with Crippen LogP contribution < -0.4 is 4.74 Å². The minimum Gasteiger partial charge on any atom is -0.491 e. The molecule has 2 amide bonds. The number of rotatable bonds is 3. The molecule has 3 heterocycles. The molecule has 1 aromatic carbocycles. The molecule has 8 heteroatoms. The molecule has 1 atom stereocenters. The number of benzene rings is 1. The number of fused-ring (bicyclic) bond motifs is 1. The van der Waals surface area contributed by atoms with Gasteiger partial charge in [-0.15, -0.1) is 0 Å². The van der Waals surface area contributed by atoms with Crippen molar-refractivity contribution < 1.29 is 19.1 Å². The highest BCUT2D eigenvalue weighted by Crippen LogP contribution is 2.27. The van der Waals surface area contributed by atoms with E-state index < -0.39 is 0 Å². The molecule has 2 aliphatic rings. The molecule has 1 saturated heterocycles. The molecule has 0 radical (unpaired) electrons. The van der Waals surface area contributed by atoms with E-state index in [-0.39, 0.29) is 24.4 Å². The maximum Gasteiger partial charge on any atom is 0.254 e. The maximum atomic E-state index is 12.9. The summed E-state index contributed by atoms with van der Waals surface area (Å²) in [5, 5.41) is 4.21. The standard InChI is InChI=1S/C21H26N4O4/c1-15-10-22-24(11-15)13-20(26)25-12-18-9-17(3-4-19(18)29-14-16(25)2)21(27)23-5-7-28-8-6-23/h3-4,9-11,16H,5-8,12-14H2,1-2H3/t16-/m0/s1. The zero-order valence-electron chi connectivity index (χ0n) is 16.8. The molecule has 0 unspecified atom stereocenters. The average Bonchev–Trinajstić information content (AvgIpc) is 3.06. The van der Waals surface area contributed by atoms with Crippen LogP contribution in [0.4, 0.5) is 0 Å². The van der Waals surface area contributed by atoms with E-state index in [0.29, 0.717) is 45.0 Å². The Morgan fingerprint density at radius 2 is 2.03 bits per heavy atom. The summed E-state index contributed by atoms with van der Waals surface area (Å²) in [6.45, 7) is 7.22. The molecule has 4 rings (SSSR count). The molecule has 1 fully saturated rings. The molecule has 29 heavy (non-hydrogen) atoms. The molecular weight excluding hydrogens is 372 g/mol. The SMILES string of the molecule is Cc1cnn(CC(=O)N2Cc3cc(C(=O)N4CCOCC4)ccc3OC[C@@H]2C)c1. The van der Waals surface area contributed by atoms with Crippen molar-refractivity contribution in [3.63, 3.8) is 0 Å². The first kappa shape index (κ1) is 19.4. The number of amides is 2. The second-order valence-electron chi connectivity index (χ2n) is 7.62. The number of morpholine rings is 1. The van der Waals surface area contributed by atoms with Gasteiger partial charge in [-0.2, -0.15) is 5.10 Å². The van der Waals surface area contributed by atoms with E-state index in [1.54, 1.807) is 26.7 Å². The Labute approximate surface area is 170 Å². The number of nitrogens with zero attached hydrogens (tertiary/aromatic N) is 4. The second kappa shape index (κ2) is 8.24. The maximum absolute atomic E-state index is 12.9. The van der Waals surface area contributed by atoms with Crippen molar-refractivity contribution in [3.05, 3.63) is 47.3 Å². The fourth-order valence-corrected chi connectivity index (χ4v) is 3.68. The van der Waals surface area contributed by atoms with Crippen molar-refractivity contribution in [2.75, 3.05) is 32.9 Å². The van der Waals surface area contributed by atoms with Crippen LogP contribution in [0.3, 0.4) is 0 Å². The lowest BCUT2D eigenvalue weighted by Crippen LogP contribution is -2.41. The van der Waals surface area contributed by atoms with E-state index >= 15 is 0 Å². The molecule has 8 nitrogen and oxygen atoms in total. The smallest absolute Gasteiger partial charge is 0.254 e. The lowest BCUT2D eigenvalue weighted by atomic mass is 10.1. The molecule has 0 N–H and O–H groups in total. The molecule has 2 aromatic rings. The van der Waals surface area contributed by atoms with Crippen molar-refractivity contribution in [1.82, 2.24) is 19.6 Å². The topological polar surface area (TPSA) is 76.9 Å². The zero-order chi connectivity index (χ0) is 20.4. The van der Waals surface area contributed by atoms with Crippen LogP contribution in [-0.2, 0) is 22.6 Å². The van der Waals surface area contributed by atoms with Crippen molar-refractivity contribution in [2.24, 2.45) is 0 Å². The van der Waals surface area contributed by atoms with E-state index in [1.807, 2.05) is 32.2 Å². The Morgan fingerprint density at radius 3 is 2.76 bits per heavy atom. The first-order valence-electron chi connectivity index (χ1n) is 9.92. The van der Waals surface area contributed by atoms with Crippen LogP contribution in [0.25, 0.3) is 0 Å². The fourth-order valence-electron chi connectivity index (χ4n) is 3.68. The Balaban J connectivity index is 1.53. The molecule has 0 saturated carbocycles. The average molecular weight is 398 g/mol. The number of carbonyl (C=O) groups excluding carboxylic acids is 2.